The Hall–Kier alpha value is -5.64. The summed E-state index contributed by atoms with van der Waals surface area (Å²) in [6, 6.07) is 0. The van der Waals surface area contributed by atoms with Crippen molar-refractivity contribution in [2.24, 2.45) is 11.7 Å². The van der Waals surface area contributed by atoms with Crippen LogP contribution in [0.25, 0.3) is 0 Å². The van der Waals surface area contributed by atoms with Crippen LogP contribution < -0.4 is 22.4 Å². The number of hydrogen-bond donors (Lipinski definition) is 6. The number of hydrogen-bond acceptors (Lipinski definition) is 17. The fourth-order valence-electron chi connectivity index (χ4n) is 6.86. The lowest BCUT2D eigenvalue weighted by Crippen LogP contribution is -2.38. The van der Waals surface area contributed by atoms with Crippen molar-refractivity contribution in [2.45, 2.75) is 205 Å². The summed E-state index contributed by atoms with van der Waals surface area (Å²) in [6.07, 6.45) is 5.56. The quantitative estimate of drug-likeness (QED) is 0.0245. The molecule has 0 aromatic carbocycles. The molecule has 428 valence electrons. The summed E-state index contributed by atoms with van der Waals surface area (Å²) < 4.78 is 17.4. The second-order valence-corrected chi connectivity index (χ2v) is 18.4. The van der Waals surface area contributed by atoms with Crippen molar-refractivity contribution in [3.63, 3.8) is 0 Å². The number of nitrogens with two attached hydrogens (primary N) is 1. The second kappa shape index (κ2) is 38.0. The number of rotatable bonds is 19. The monoisotopic (exact) mass is 1080 g/mol. The predicted octanol–water partition coefficient (Wildman–Crippen LogP) is 6.50. The minimum absolute atomic E-state index is 0. The summed E-state index contributed by atoms with van der Waals surface area (Å²) in [5.74, 6) is 0.387. The van der Waals surface area contributed by atoms with Crippen LogP contribution in [0.4, 0.5) is 9.59 Å². The summed E-state index contributed by atoms with van der Waals surface area (Å²) in [4.78, 5) is 99.5. The van der Waals surface area contributed by atoms with Gasteiger partial charge in [0.05, 0.1) is 49.3 Å². The molecule has 0 saturated heterocycles. The van der Waals surface area contributed by atoms with E-state index in [0.717, 1.165) is 38.9 Å². The van der Waals surface area contributed by atoms with E-state index in [1.807, 2.05) is 55.4 Å². The summed E-state index contributed by atoms with van der Waals surface area (Å²) >= 11 is 0. The number of aliphatic hydroxyl groups excluding tert-OH is 3. The predicted molar refractivity (Wildman–Crippen MR) is 294 cm³/mol. The van der Waals surface area contributed by atoms with E-state index in [1.165, 1.54) is 0 Å². The zero-order valence-electron chi connectivity index (χ0n) is 47.7. The molecule has 0 fully saturated rings. The molecule has 3 aromatic heterocycles. The summed E-state index contributed by atoms with van der Waals surface area (Å²) in [5.41, 5.74) is 6.90. The number of ketones is 1. The van der Waals surface area contributed by atoms with Gasteiger partial charge in [0, 0.05) is 48.8 Å². The van der Waals surface area contributed by atoms with E-state index in [1.54, 1.807) is 55.4 Å². The minimum Gasteiger partial charge on any atom is -0.465 e. The van der Waals surface area contributed by atoms with Gasteiger partial charge in [0.25, 0.3) is 16.7 Å². The van der Waals surface area contributed by atoms with Gasteiger partial charge in [-0.3, -0.25) is 29.4 Å². The highest BCUT2D eigenvalue weighted by Crippen LogP contribution is 2.14. The lowest BCUT2D eigenvalue weighted by Gasteiger charge is -2.21. The van der Waals surface area contributed by atoms with Crippen LogP contribution in [0.5, 0.6) is 0 Å². The van der Waals surface area contributed by atoms with Gasteiger partial charge in [-0.2, -0.15) is 9.13 Å². The smallest absolute Gasteiger partial charge is 0.422 e. The average molecular weight is 1080 g/mol. The summed E-state index contributed by atoms with van der Waals surface area (Å²) in [6.45, 7) is 29.5. The standard InChI is InChI=1S/C16H26N2O3.C15H24N2O4.C10H16N2O2.C9H16O3.C3H8N2O.ClH/c1-7-10-13-17-12(9-3)11(8-2)14(19)18(13)15(20)21-16(4,5)6;1-6-10-11(7-2)16-12(8-9-18)17(13(10)19)14(20)21-15(3,4)5;1-3-7-8(4-2)11-9(5-6-13)12-10(7)14;1-4-7(8(10)5-2)9(11)12-6-3;4-3(5)1-2-6;/h7-10H2,1-6H3;18H,6-9H2,1-5H3;13H,3-6H2,1-2H3,(H,11,12,14);7H,4-6H2,1-3H3;6H,1-2H2,(H3,4,5);1H. The molecule has 1 atom stereocenters. The number of H-pyrrole nitrogens is 1. The molecule has 1 unspecified atom stereocenters. The lowest BCUT2D eigenvalue weighted by molar-refractivity contribution is -0.151. The molecule has 22 heteroatoms. The Morgan fingerprint density at radius 1 is 0.627 bits per heavy atom. The first-order valence-electron chi connectivity index (χ1n) is 25.9. The van der Waals surface area contributed by atoms with Crippen molar-refractivity contribution in [3.8, 4) is 0 Å². The molecule has 3 aromatic rings. The molecule has 75 heavy (non-hydrogen) atoms. The molecule has 0 saturated carbocycles. The molecule has 0 aliphatic carbocycles. The van der Waals surface area contributed by atoms with E-state index in [0.29, 0.717) is 99.3 Å². The SMILES string of the molecule is CCCc1nc(CC)c(CC)c(=O)n1C(=O)OC(C)(C)C.CCOC(=O)C(CC)C(=O)CC.CCc1nc(CCO)[nH]c(=O)c1CC.CCc1nc(CCO)n(C(=O)OC(C)(C)C)c(=O)c1CC.Cl.N=C(N)CCO. The first-order chi connectivity index (χ1) is 34.7. The maximum Gasteiger partial charge on any atom is 0.422 e. The molecular formula is C53H91ClN8O13. The van der Waals surface area contributed by atoms with Crippen LogP contribution in [0.2, 0.25) is 0 Å². The topological polar surface area (TPSA) is 322 Å². The number of Topliss-reactive ketones (excluding diaryl/α,β-unsaturated/α-hetero) is 1. The number of nitrogens with zero attached hydrogens (tertiary/aromatic N) is 5. The number of aryl methyl sites for hydroxylation is 4. The van der Waals surface area contributed by atoms with Crippen LogP contribution in [0.15, 0.2) is 14.4 Å². The minimum atomic E-state index is -0.749. The van der Waals surface area contributed by atoms with Crippen LogP contribution in [0, 0.1) is 11.3 Å². The van der Waals surface area contributed by atoms with Gasteiger partial charge in [-0.1, -0.05) is 62.3 Å². The normalized spacial score (nSPS) is 11.0. The lowest BCUT2D eigenvalue weighted by atomic mass is 10.00. The number of amidine groups is 1. The Balaban J connectivity index is -0.000000903. The molecular weight excluding hydrogens is 992 g/mol. The number of nitrogens with one attached hydrogen (secondary N) is 2. The number of esters is 1. The van der Waals surface area contributed by atoms with Crippen molar-refractivity contribution in [3.05, 3.63) is 82.3 Å². The average Bonchev–Trinajstić information content (AvgIpc) is 3.31. The van der Waals surface area contributed by atoms with Crippen molar-refractivity contribution in [2.75, 3.05) is 26.4 Å². The van der Waals surface area contributed by atoms with E-state index in [2.05, 4.69) is 19.9 Å². The highest BCUT2D eigenvalue weighted by Gasteiger charge is 2.26. The fraction of sp³-hybridized carbons (Fsp3) is 0.679. The largest absolute Gasteiger partial charge is 0.465 e. The van der Waals surface area contributed by atoms with E-state index < -0.39 is 34.9 Å². The van der Waals surface area contributed by atoms with Gasteiger partial charge >= 0.3 is 18.2 Å². The molecule has 0 bridgehead atoms. The first-order valence-corrected chi connectivity index (χ1v) is 25.9. The molecule has 21 nitrogen and oxygen atoms in total. The maximum atomic E-state index is 12.6. The highest BCUT2D eigenvalue weighted by molar-refractivity contribution is 5.98. The number of ether oxygens (including phenoxy) is 3. The van der Waals surface area contributed by atoms with Crippen LogP contribution >= 0.6 is 12.4 Å². The summed E-state index contributed by atoms with van der Waals surface area (Å²) in [7, 11) is 0. The van der Waals surface area contributed by atoms with E-state index in [9.17, 15) is 33.6 Å². The molecule has 3 heterocycles. The van der Waals surface area contributed by atoms with Gasteiger partial charge in [0.15, 0.2) is 0 Å². The Bertz CT molecular complexity index is 2320. The first kappa shape index (κ1) is 73.6. The van der Waals surface area contributed by atoms with Crippen LogP contribution in [0.1, 0.15) is 188 Å². The van der Waals surface area contributed by atoms with E-state index >= 15 is 0 Å². The fourth-order valence-corrected chi connectivity index (χ4v) is 6.86. The number of aromatic amines is 1. The zero-order valence-corrected chi connectivity index (χ0v) is 48.6. The molecule has 7 N–H and O–H groups in total. The van der Waals surface area contributed by atoms with Gasteiger partial charge in [-0.05, 0) is 99.8 Å². The van der Waals surface area contributed by atoms with E-state index in [4.69, 9.17) is 40.7 Å². The number of halogens is 1. The van der Waals surface area contributed by atoms with Crippen molar-refractivity contribution < 1.29 is 48.7 Å². The van der Waals surface area contributed by atoms with Gasteiger partial charge < -0.3 is 40.2 Å². The Labute approximate surface area is 449 Å². The van der Waals surface area contributed by atoms with Crippen LogP contribution in [-0.2, 0) is 81.6 Å². The third-order valence-electron chi connectivity index (χ3n) is 10.3. The van der Waals surface area contributed by atoms with Crippen molar-refractivity contribution in [1.82, 2.24) is 29.1 Å². The number of aromatic nitrogens is 6. The molecule has 0 radical (unpaired) electrons. The number of carbonyl (C=O) groups is 4. The second-order valence-electron chi connectivity index (χ2n) is 18.4. The Morgan fingerprint density at radius 3 is 1.33 bits per heavy atom. The molecule has 0 spiro atoms. The van der Waals surface area contributed by atoms with Gasteiger partial charge in [0.2, 0.25) is 0 Å². The number of aliphatic hydroxyl groups is 3. The third-order valence-corrected chi connectivity index (χ3v) is 10.3. The van der Waals surface area contributed by atoms with E-state index in [-0.39, 0.29) is 73.2 Å². The molecule has 3 rings (SSSR count). The Morgan fingerprint density at radius 2 is 1.04 bits per heavy atom. The van der Waals surface area contributed by atoms with Crippen LogP contribution in [0.3, 0.4) is 0 Å². The van der Waals surface area contributed by atoms with Gasteiger partial charge in [-0.15, -0.1) is 12.4 Å². The number of carbonyl (C=O) groups excluding carboxylic acids is 4. The molecule has 0 aliphatic rings. The molecule has 0 aliphatic heterocycles. The maximum absolute atomic E-state index is 12.6. The van der Waals surface area contributed by atoms with Crippen molar-refractivity contribution >= 4 is 42.2 Å². The zero-order chi connectivity index (χ0) is 57.5. The van der Waals surface area contributed by atoms with Gasteiger partial charge in [-0.25, -0.2) is 24.5 Å². The van der Waals surface area contributed by atoms with Crippen molar-refractivity contribution in [1.29, 1.82) is 5.41 Å². The third kappa shape index (κ3) is 26.1. The highest BCUT2D eigenvalue weighted by atomic mass is 35.5. The molecule has 0 amide bonds. The Kier molecular flexibility index (Phi) is 37.3. The van der Waals surface area contributed by atoms with Crippen LogP contribution in [-0.4, -0.2) is 112 Å². The summed E-state index contributed by atoms with van der Waals surface area (Å²) in [5, 5.41) is 32.4. The van der Waals surface area contributed by atoms with Gasteiger partial charge in [0.1, 0.15) is 40.4 Å².